The van der Waals surface area contributed by atoms with Gasteiger partial charge in [0.25, 0.3) is 5.91 Å². The van der Waals surface area contributed by atoms with Crippen molar-refractivity contribution in [2.75, 3.05) is 19.6 Å². The van der Waals surface area contributed by atoms with Crippen LogP contribution in [0.2, 0.25) is 0 Å². The monoisotopic (exact) mass is 429 g/mol. The third kappa shape index (κ3) is 3.56. The first-order valence-electron chi connectivity index (χ1n) is 10.7. The van der Waals surface area contributed by atoms with Gasteiger partial charge in [-0.1, -0.05) is 48.5 Å². The van der Waals surface area contributed by atoms with Gasteiger partial charge in [0.05, 0.1) is 6.54 Å². The van der Waals surface area contributed by atoms with Crippen molar-refractivity contribution in [1.82, 2.24) is 15.1 Å². The van der Waals surface area contributed by atoms with Crippen LogP contribution in [0.15, 0.2) is 66.7 Å². The minimum atomic E-state index is -0.689. The molecule has 162 valence electrons. The summed E-state index contributed by atoms with van der Waals surface area (Å²) in [5, 5.41) is 14.1. The molecule has 5 rings (SSSR count). The molecular weight excluding hydrogens is 406 g/mol. The van der Waals surface area contributed by atoms with E-state index >= 15 is 0 Å². The van der Waals surface area contributed by atoms with Crippen LogP contribution in [0.3, 0.4) is 0 Å². The molecule has 2 heterocycles. The molecular formula is C25H23N3O4. The van der Waals surface area contributed by atoms with Gasteiger partial charge < -0.3 is 20.2 Å². The fourth-order valence-corrected chi connectivity index (χ4v) is 4.57. The second-order valence-corrected chi connectivity index (χ2v) is 8.26. The summed E-state index contributed by atoms with van der Waals surface area (Å²) in [6, 6.07) is 18.6. The Balaban J connectivity index is 1.32. The fourth-order valence-electron chi connectivity index (χ4n) is 4.57. The number of aromatic hydroxyl groups is 1. The Morgan fingerprint density at radius 2 is 1.72 bits per heavy atom. The van der Waals surface area contributed by atoms with Crippen LogP contribution in [0.5, 0.6) is 5.75 Å². The van der Waals surface area contributed by atoms with Gasteiger partial charge in [-0.2, -0.15) is 0 Å². The van der Waals surface area contributed by atoms with E-state index in [0.717, 1.165) is 16.3 Å². The lowest BCUT2D eigenvalue weighted by Gasteiger charge is -2.45. The molecule has 0 bridgehead atoms. The van der Waals surface area contributed by atoms with Crippen molar-refractivity contribution in [3.05, 3.63) is 77.9 Å². The first kappa shape index (κ1) is 20.1. The number of phenolic OH excluding ortho intramolecular Hbond substituents is 1. The SMILES string of the molecule is O=C1N[C@H](Cc2ccc(O)cc2)C(=O)N2CCN(C(=O)c3cccc4ccccc34)C[C@H]12. The lowest BCUT2D eigenvalue weighted by Crippen LogP contribution is -2.70. The predicted molar refractivity (Wildman–Crippen MR) is 119 cm³/mol. The van der Waals surface area contributed by atoms with Crippen molar-refractivity contribution in [3.63, 3.8) is 0 Å². The molecule has 3 amide bonds. The number of piperazine rings is 2. The van der Waals surface area contributed by atoms with Crippen LogP contribution < -0.4 is 5.32 Å². The average Bonchev–Trinajstić information content (AvgIpc) is 2.82. The summed E-state index contributed by atoms with van der Waals surface area (Å²) in [6.07, 6.45) is 0.354. The molecule has 0 radical (unpaired) electrons. The molecule has 0 saturated carbocycles. The highest BCUT2D eigenvalue weighted by molar-refractivity contribution is 6.07. The summed E-state index contributed by atoms with van der Waals surface area (Å²) < 4.78 is 0. The number of amides is 3. The van der Waals surface area contributed by atoms with Crippen molar-refractivity contribution in [2.45, 2.75) is 18.5 Å². The highest BCUT2D eigenvalue weighted by Gasteiger charge is 2.44. The second-order valence-electron chi connectivity index (χ2n) is 8.26. The molecule has 2 saturated heterocycles. The minimum absolute atomic E-state index is 0.132. The number of rotatable bonds is 3. The van der Waals surface area contributed by atoms with Crippen LogP contribution in [-0.4, -0.2) is 64.3 Å². The van der Waals surface area contributed by atoms with E-state index in [-0.39, 0.29) is 30.0 Å². The third-order valence-electron chi connectivity index (χ3n) is 6.26. The first-order chi connectivity index (χ1) is 15.5. The van der Waals surface area contributed by atoms with Gasteiger partial charge in [0.15, 0.2) is 0 Å². The molecule has 0 aromatic heterocycles. The van der Waals surface area contributed by atoms with E-state index in [1.165, 1.54) is 0 Å². The van der Waals surface area contributed by atoms with Crippen LogP contribution in [0.25, 0.3) is 10.8 Å². The number of phenols is 1. The predicted octanol–water partition coefficient (Wildman–Crippen LogP) is 1.94. The molecule has 2 N–H and O–H groups in total. The highest BCUT2D eigenvalue weighted by atomic mass is 16.3. The van der Waals surface area contributed by atoms with E-state index in [0.29, 0.717) is 25.1 Å². The molecule has 7 nitrogen and oxygen atoms in total. The number of benzene rings is 3. The van der Waals surface area contributed by atoms with Gasteiger partial charge in [0.1, 0.15) is 17.8 Å². The summed E-state index contributed by atoms with van der Waals surface area (Å²) in [5.41, 5.74) is 1.45. The van der Waals surface area contributed by atoms with E-state index in [1.807, 2.05) is 36.4 Å². The van der Waals surface area contributed by atoms with Crippen LogP contribution in [0, 0.1) is 0 Å². The summed E-state index contributed by atoms with van der Waals surface area (Å²) in [4.78, 5) is 42.5. The summed E-state index contributed by atoms with van der Waals surface area (Å²) in [6.45, 7) is 0.870. The Labute approximate surface area is 185 Å². The van der Waals surface area contributed by atoms with Crippen LogP contribution >= 0.6 is 0 Å². The smallest absolute Gasteiger partial charge is 0.254 e. The van der Waals surface area contributed by atoms with Gasteiger partial charge >= 0.3 is 0 Å². The standard InChI is InChI=1S/C25H23N3O4/c29-18-10-8-16(9-11-18)14-21-25(32)28-13-12-27(15-22(28)23(30)26-21)24(31)20-7-3-5-17-4-1-2-6-19(17)20/h1-11,21-22,29H,12-15H2,(H,26,30)/t21-,22-/m1/s1. The minimum Gasteiger partial charge on any atom is -0.508 e. The Kier molecular flexibility index (Phi) is 5.01. The molecule has 0 spiro atoms. The lowest BCUT2D eigenvalue weighted by molar-refractivity contribution is -0.152. The van der Waals surface area contributed by atoms with E-state index < -0.39 is 12.1 Å². The van der Waals surface area contributed by atoms with E-state index in [4.69, 9.17) is 0 Å². The van der Waals surface area contributed by atoms with Gasteiger partial charge in [-0.15, -0.1) is 0 Å². The van der Waals surface area contributed by atoms with Crippen molar-refractivity contribution in [2.24, 2.45) is 0 Å². The Morgan fingerprint density at radius 3 is 2.53 bits per heavy atom. The van der Waals surface area contributed by atoms with Gasteiger partial charge in [-0.3, -0.25) is 14.4 Å². The number of hydrogen-bond donors (Lipinski definition) is 2. The van der Waals surface area contributed by atoms with Crippen molar-refractivity contribution in [3.8, 4) is 5.75 Å². The molecule has 7 heteroatoms. The quantitative estimate of drug-likeness (QED) is 0.666. The number of hydrogen-bond acceptors (Lipinski definition) is 4. The number of carbonyl (C=O) groups is 3. The number of nitrogens with one attached hydrogen (secondary N) is 1. The zero-order chi connectivity index (χ0) is 22.2. The van der Waals surface area contributed by atoms with Gasteiger partial charge in [-0.25, -0.2) is 0 Å². The second kappa shape index (κ2) is 8.00. The van der Waals surface area contributed by atoms with E-state index in [9.17, 15) is 19.5 Å². The maximum atomic E-state index is 13.3. The number of carbonyl (C=O) groups excluding carboxylic acids is 3. The zero-order valence-corrected chi connectivity index (χ0v) is 17.4. The number of nitrogens with zero attached hydrogens (tertiary/aromatic N) is 2. The van der Waals surface area contributed by atoms with Crippen molar-refractivity contribution in [1.29, 1.82) is 0 Å². The molecule has 0 unspecified atom stereocenters. The zero-order valence-electron chi connectivity index (χ0n) is 17.4. The largest absolute Gasteiger partial charge is 0.508 e. The van der Waals surface area contributed by atoms with E-state index in [2.05, 4.69) is 5.32 Å². The molecule has 0 aliphatic carbocycles. The summed E-state index contributed by atoms with van der Waals surface area (Å²) in [7, 11) is 0. The van der Waals surface area contributed by atoms with Gasteiger partial charge in [-0.05, 0) is 34.5 Å². The topological polar surface area (TPSA) is 89.9 Å². The maximum absolute atomic E-state index is 13.3. The molecule has 3 aromatic carbocycles. The van der Waals surface area contributed by atoms with Crippen LogP contribution in [-0.2, 0) is 16.0 Å². The first-order valence-corrected chi connectivity index (χ1v) is 10.7. The van der Waals surface area contributed by atoms with Crippen LogP contribution in [0.1, 0.15) is 15.9 Å². The molecule has 3 aromatic rings. The van der Waals surface area contributed by atoms with Crippen molar-refractivity contribution >= 4 is 28.5 Å². The van der Waals surface area contributed by atoms with Gasteiger partial charge in [0.2, 0.25) is 11.8 Å². The highest BCUT2D eigenvalue weighted by Crippen LogP contribution is 2.24. The third-order valence-corrected chi connectivity index (χ3v) is 6.26. The molecule has 2 fully saturated rings. The lowest BCUT2D eigenvalue weighted by atomic mass is 9.98. The number of fused-ring (bicyclic) bond motifs is 2. The fraction of sp³-hybridized carbons (Fsp3) is 0.240. The van der Waals surface area contributed by atoms with Gasteiger partial charge in [0, 0.05) is 25.1 Å². The Hall–Kier alpha value is -3.87. The molecule has 2 atom stereocenters. The van der Waals surface area contributed by atoms with Crippen molar-refractivity contribution < 1.29 is 19.5 Å². The summed E-state index contributed by atoms with van der Waals surface area (Å²) >= 11 is 0. The molecule has 2 aliphatic heterocycles. The average molecular weight is 429 g/mol. The van der Waals surface area contributed by atoms with E-state index in [1.54, 1.807) is 40.1 Å². The Morgan fingerprint density at radius 1 is 0.969 bits per heavy atom. The summed E-state index contributed by atoms with van der Waals surface area (Å²) in [5.74, 6) is -0.364. The molecule has 2 aliphatic rings. The maximum Gasteiger partial charge on any atom is 0.254 e. The normalized spacial score (nSPS) is 20.8. The Bertz CT molecular complexity index is 1200. The van der Waals surface area contributed by atoms with Crippen LogP contribution in [0.4, 0.5) is 0 Å². The molecule has 32 heavy (non-hydrogen) atoms.